The Bertz CT molecular complexity index is 417. The third kappa shape index (κ3) is 2.34. The van der Waals surface area contributed by atoms with Crippen molar-refractivity contribution in [1.82, 2.24) is 0 Å². The minimum atomic E-state index is -1.04. The maximum Gasteiger partial charge on any atom is 0.207 e. The quantitative estimate of drug-likeness (QED) is 0.892. The second kappa shape index (κ2) is 5.22. The van der Waals surface area contributed by atoms with Gasteiger partial charge >= 0.3 is 0 Å². The number of halogens is 1. The van der Waals surface area contributed by atoms with E-state index in [1.165, 1.54) is 13.2 Å². The SMILES string of the molecule is COc1ccc(C2(CN)OCC(C)CO2)cc1F. The van der Waals surface area contributed by atoms with Gasteiger partial charge in [-0.05, 0) is 18.2 Å². The standard InChI is InChI=1S/C13H18FNO3/c1-9-6-17-13(8-15,18-7-9)10-3-4-12(16-2)11(14)5-10/h3-5,9H,6-8,15H2,1-2H3. The highest BCUT2D eigenvalue weighted by molar-refractivity contribution is 5.32. The van der Waals surface area contributed by atoms with Crippen molar-refractivity contribution < 1.29 is 18.6 Å². The molecule has 0 spiro atoms. The van der Waals surface area contributed by atoms with Crippen LogP contribution in [0, 0.1) is 11.7 Å². The number of benzene rings is 1. The van der Waals surface area contributed by atoms with E-state index in [4.69, 9.17) is 19.9 Å². The monoisotopic (exact) mass is 255 g/mol. The predicted molar refractivity (Wildman–Crippen MR) is 64.8 cm³/mol. The molecule has 2 N–H and O–H groups in total. The van der Waals surface area contributed by atoms with Crippen molar-refractivity contribution in [3.8, 4) is 5.75 Å². The van der Waals surface area contributed by atoms with Gasteiger partial charge in [-0.1, -0.05) is 6.92 Å². The summed E-state index contributed by atoms with van der Waals surface area (Å²) >= 11 is 0. The average Bonchev–Trinajstić information content (AvgIpc) is 2.40. The van der Waals surface area contributed by atoms with Gasteiger partial charge in [0.2, 0.25) is 5.79 Å². The molecule has 0 unspecified atom stereocenters. The van der Waals surface area contributed by atoms with Crippen LogP contribution in [0.15, 0.2) is 18.2 Å². The van der Waals surface area contributed by atoms with E-state index < -0.39 is 11.6 Å². The molecule has 100 valence electrons. The van der Waals surface area contributed by atoms with Crippen LogP contribution in [0.25, 0.3) is 0 Å². The van der Waals surface area contributed by atoms with Gasteiger partial charge in [-0.25, -0.2) is 4.39 Å². The Kier molecular flexibility index (Phi) is 3.85. The van der Waals surface area contributed by atoms with Crippen LogP contribution in [0.3, 0.4) is 0 Å². The lowest BCUT2D eigenvalue weighted by Crippen LogP contribution is -2.46. The van der Waals surface area contributed by atoms with Crippen molar-refractivity contribution >= 4 is 0 Å². The Hall–Kier alpha value is -1.17. The van der Waals surface area contributed by atoms with Crippen LogP contribution in [0.5, 0.6) is 5.75 Å². The van der Waals surface area contributed by atoms with Crippen molar-refractivity contribution in [2.75, 3.05) is 26.9 Å². The average molecular weight is 255 g/mol. The molecule has 1 aliphatic heterocycles. The van der Waals surface area contributed by atoms with Gasteiger partial charge in [-0.3, -0.25) is 0 Å². The Morgan fingerprint density at radius 1 is 1.44 bits per heavy atom. The normalized spacial score (nSPS) is 28.1. The van der Waals surface area contributed by atoms with Crippen LogP contribution >= 0.6 is 0 Å². The highest BCUT2D eigenvalue weighted by atomic mass is 19.1. The predicted octanol–water partition coefficient (Wildman–Crippen LogP) is 1.63. The number of ether oxygens (including phenoxy) is 3. The zero-order valence-electron chi connectivity index (χ0n) is 10.6. The number of methoxy groups -OCH3 is 1. The number of hydrogen-bond acceptors (Lipinski definition) is 4. The van der Waals surface area contributed by atoms with Crippen molar-refractivity contribution in [3.05, 3.63) is 29.6 Å². The van der Waals surface area contributed by atoms with E-state index >= 15 is 0 Å². The van der Waals surface area contributed by atoms with Crippen LogP contribution in [0.2, 0.25) is 0 Å². The minimum absolute atomic E-state index is 0.144. The fourth-order valence-electron chi connectivity index (χ4n) is 1.95. The highest BCUT2D eigenvalue weighted by Gasteiger charge is 2.37. The number of rotatable bonds is 3. The summed E-state index contributed by atoms with van der Waals surface area (Å²) in [5, 5.41) is 0. The maximum absolute atomic E-state index is 13.7. The molecule has 0 saturated carbocycles. The van der Waals surface area contributed by atoms with E-state index in [0.29, 0.717) is 24.7 Å². The molecule has 0 radical (unpaired) electrons. The van der Waals surface area contributed by atoms with Gasteiger partial charge in [0, 0.05) is 11.5 Å². The lowest BCUT2D eigenvalue weighted by Gasteiger charge is -2.38. The van der Waals surface area contributed by atoms with Gasteiger partial charge < -0.3 is 19.9 Å². The molecule has 4 nitrogen and oxygen atoms in total. The van der Waals surface area contributed by atoms with E-state index in [1.54, 1.807) is 12.1 Å². The van der Waals surface area contributed by atoms with E-state index in [9.17, 15) is 4.39 Å². The third-order valence-corrected chi connectivity index (χ3v) is 3.06. The van der Waals surface area contributed by atoms with Crippen LogP contribution in [-0.2, 0) is 15.3 Å². The molecule has 1 aromatic carbocycles. The molecular weight excluding hydrogens is 237 g/mol. The van der Waals surface area contributed by atoms with E-state index in [0.717, 1.165) is 0 Å². The smallest absolute Gasteiger partial charge is 0.207 e. The zero-order valence-corrected chi connectivity index (χ0v) is 10.6. The summed E-state index contributed by atoms with van der Waals surface area (Å²) in [4.78, 5) is 0. The Morgan fingerprint density at radius 2 is 2.11 bits per heavy atom. The lowest BCUT2D eigenvalue weighted by molar-refractivity contribution is -0.284. The fourth-order valence-corrected chi connectivity index (χ4v) is 1.95. The molecule has 1 saturated heterocycles. The molecule has 0 amide bonds. The number of hydrogen-bond donors (Lipinski definition) is 1. The lowest BCUT2D eigenvalue weighted by atomic mass is 10.0. The first-order chi connectivity index (χ1) is 8.61. The third-order valence-electron chi connectivity index (χ3n) is 3.06. The molecule has 1 fully saturated rings. The summed E-state index contributed by atoms with van der Waals surface area (Å²) in [7, 11) is 1.42. The molecule has 0 aliphatic carbocycles. The Balaban J connectivity index is 2.30. The van der Waals surface area contributed by atoms with Gasteiger partial charge in [0.15, 0.2) is 11.6 Å². The largest absolute Gasteiger partial charge is 0.494 e. The molecule has 0 atom stereocenters. The van der Waals surface area contributed by atoms with Gasteiger partial charge in [-0.15, -0.1) is 0 Å². The van der Waals surface area contributed by atoms with Gasteiger partial charge in [-0.2, -0.15) is 0 Å². The molecule has 1 aliphatic rings. The summed E-state index contributed by atoms with van der Waals surface area (Å²) in [6.45, 7) is 3.26. The number of nitrogens with two attached hydrogens (primary N) is 1. The van der Waals surface area contributed by atoms with E-state index in [2.05, 4.69) is 0 Å². The highest BCUT2D eigenvalue weighted by Crippen LogP contribution is 2.33. The topological polar surface area (TPSA) is 53.7 Å². The fraction of sp³-hybridized carbons (Fsp3) is 0.538. The molecule has 0 bridgehead atoms. The molecular formula is C13H18FNO3. The molecule has 0 aromatic heterocycles. The summed E-state index contributed by atoms with van der Waals surface area (Å²) in [5.41, 5.74) is 6.31. The van der Waals surface area contributed by atoms with Crippen LogP contribution in [0.1, 0.15) is 12.5 Å². The van der Waals surface area contributed by atoms with Crippen LogP contribution in [-0.4, -0.2) is 26.9 Å². The van der Waals surface area contributed by atoms with Crippen molar-refractivity contribution in [1.29, 1.82) is 0 Å². The maximum atomic E-state index is 13.7. The zero-order chi connectivity index (χ0) is 13.2. The second-order valence-corrected chi connectivity index (χ2v) is 4.53. The van der Waals surface area contributed by atoms with Gasteiger partial charge in [0.25, 0.3) is 0 Å². The Labute approximate surface area is 106 Å². The van der Waals surface area contributed by atoms with E-state index in [1.807, 2.05) is 6.92 Å². The van der Waals surface area contributed by atoms with E-state index in [-0.39, 0.29) is 12.3 Å². The molecule has 1 aromatic rings. The molecule has 18 heavy (non-hydrogen) atoms. The van der Waals surface area contributed by atoms with Gasteiger partial charge in [0.05, 0.1) is 26.9 Å². The molecule has 1 heterocycles. The van der Waals surface area contributed by atoms with Crippen molar-refractivity contribution in [3.63, 3.8) is 0 Å². The summed E-state index contributed by atoms with van der Waals surface area (Å²) < 4.78 is 30.0. The Morgan fingerprint density at radius 3 is 2.61 bits per heavy atom. The van der Waals surface area contributed by atoms with Crippen molar-refractivity contribution in [2.24, 2.45) is 11.7 Å². The first-order valence-electron chi connectivity index (χ1n) is 5.93. The van der Waals surface area contributed by atoms with Crippen molar-refractivity contribution in [2.45, 2.75) is 12.7 Å². The second-order valence-electron chi connectivity index (χ2n) is 4.53. The molecule has 5 heteroatoms. The summed E-state index contributed by atoms with van der Waals surface area (Å²) in [6, 6.07) is 4.61. The molecule has 2 rings (SSSR count). The summed E-state index contributed by atoms with van der Waals surface area (Å²) in [5.74, 6) is -0.990. The van der Waals surface area contributed by atoms with Crippen LogP contribution in [0.4, 0.5) is 4.39 Å². The van der Waals surface area contributed by atoms with Gasteiger partial charge in [0.1, 0.15) is 0 Å². The minimum Gasteiger partial charge on any atom is -0.494 e. The van der Waals surface area contributed by atoms with Crippen LogP contribution < -0.4 is 10.5 Å². The first kappa shape index (κ1) is 13.3. The summed E-state index contributed by atoms with van der Waals surface area (Å²) in [6.07, 6.45) is 0. The first-order valence-corrected chi connectivity index (χ1v) is 5.93.